The van der Waals surface area contributed by atoms with E-state index < -0.39 is 24.2 Å². The number of imidazole rings is 1. The van der Waals surface area contributed by atoms with Crippen molar-refractivity contribution in [1.82, 2.24) is 15.3 Å². The predicted octanol–water partition coefficient (Wildman–Crippen LogP) is 10.2. The molecule has 0 aliphatic carbocycles. The number of aromatic amines is 1. The van der Waals surface area contributed by atoms with Crippen molar-refractivity contribution in [2.75, 3.05) is 6.61 Å². The number of ether oxygens (including phenoxy) is 1. The van der Waals surface area contributed by atoms with Crippen molar-refractivity contribution in [2.24, 2.45) is 5.73 Å². The number of nitrogens with zero attached hydrogens (tertiary/aromatic N) is 1. The fourth-order valence-corrected chi connectivity index (χ4v) is 6.42. The van der Waals surface area contributed by atoms with E-state index in [1.807, 2.05) is 6.08 Å². The van der Waals surface area contributed by atoms with Gasteiger partial charge in [-0.3, -0.25) is 4.79 Å². The van der Waals surface area contributed by atoms with E-state index in [0.29, 0.717) is 6.42 Å². The summed E-state index contributed by atoms with van der Waals surface area (Å²) in [6.07, 6.45) is 40.9. The number of aliphatic hydroxyl groups excluding tert-OH is 1. The summed E-state index contributed by atoms with van der Waals surface area (Å²) in [7, 11) is 0. The van der Waals surface area contributed by atoms with E-state index in [9.17, 15) is 14.7 Å². The molecule has 290 valence electrons. The van der Waals surface area contributed by atoms with Gasteiger partial charge in [0.15, 0.2) is 0 Å². The third kappa shape index (κ3) is 27.5. The molecule has 0 spiro atoms. The molecule has 1 aromatic heterocycles. The summed E-state index contributed by atoms with van der Waals surface area (Å²) in [6, 6.07) is -1.59. The number of nitrogens with one attached hydrogen (secondary N) is 2. The lowest BCUT2D eigenvalue weighted by molar-refractivity contribution is -0.148. The average Bonchev–Trinajstić information content (AvgIpc) is 3.63. The Kier molecular flexibility index (Phi) is 31.1. The number of rotatable bonds is 36. The van der Waals surface area contributed by atoms with Crippen LogP contribution in [0.3, 0.4) is 0 Å². The Labute approximate surface area is 307 Å². The fourth-order valence-electron chi connectivity index (χ4n) is 6.42. The molecule has 0 aliphatic heterocycles. The molecule has 1 rings (SSSR count). The van der Waals surface area contributed by atoms with Gasteiger partial charge in [-0.15, -0.1) is 0 Å². The van der Waals surface area contributed by atoms with Gasteiger partial charge in [-0.2, -0.15) is 0 Å². The molecule has 0 radical (unpaired) electrons. The molecule has 8 heteroatoms. The number of unbranched alkanes of at least 4 members (excludes halogenated alkanes) is 25. The summed E-state index contributed by atoms with van der Waals surface area (Å²) in [5.74, 6) is -0.715. The highest BCUT2D eigenvalue weighted by Gasteiger charge is 2.25. The molecule has 5 N–H and O–H groups in total. The van der Waals surface area contributed by atoms with Crippen LogP contribution in [0.2, 0.25) is 0 Å². The molecule has 50 heavy (non-hydrogen) atoms. The molecular weight excluding hydrogens is 624 g/mol. The lowest BCUT2D eigenvalue weighted by Crippen LogP contribution is -2.45. The zero-order valence-electron chi connectivity index (χ0n) is 32.5. The fraction of sp³-hybridized carbons (Fsp3) is 0.833. The Morgan fingerprint density at radius 2 is 1.22 bits per heavy atom. The molecule has 0 fully saturated rings. The van der Waals surface area contributed by atoms with Gasteiger partial charge in [-0.25, -0.2) is 9.78 Å². The van der Waals surface area contributed by atoms with E-state index in [1.54, 1.807) is 18.6 Å². The minimum atomic E-state index is -0.902. The first-order valence-corrected chi connectivity index (χ1v) is 21.0. The number of hydrogen-bond acceptors (Lipinski definition) is 6. The number of carbonyl (C=O) groups is 2. The Morgan fingerprint density at radius 1 is 0.760 bits per heavy atom. The molecule has 1 aromatic rings. The van der Waals surface area contributed by atoms with Crippen LogP contribution in [-0.2, 0) is 20.7 Å². The minimum absolute atomic E-state index is 0.128. The number of aliphatic hydroxyl groups is 1. The molecule has 0 saturated heterocycles. The number of carbonyl (C=O) groups excluding carboxylic acids is 2. The van der Waals surface area contributed by atoms with Gasteiger partial charge in [-0.1, -0.05) is 180 Å². The molecule has 0 saturated carbocycles. The summed E-state index contributed by atoms with van der Waals surface area (Å²) < 4.78 is 5.48. The van der Waals surface area contributed by atoms with Gasteiger partial charge >= 0.3 is 5.97 Å². The van der Waals surface area contributed by atoms with Crippen LogP contribution in [0.15, 0.2) is 24.7 Å². The third-order valence-electron chi connectivity index (χ3n) is 9.77. The second kappa shape index (κ2) is 33.9. The first kappa shape index (κ1) is 45.8. The van der Waals surface area contributed by atoms with Crippen molar-refractivity contribution in [3.63, 3.8) is 0 Å². The maximum atomic E-state index is 13.0. The summed E-state index contributed by atoms with van der Waals surface area (Å²) in [5.41, 5.74) is 6.87. The summed E-state index contributed by atoms with van der Waals surface area (Å²) in [5, 5.41) is 13.3. The standard InChI is InChI=1S/C42H78N4O4/c1-3-5-7-9-11-13-15-17-18-20-22-24-26-28-30-32-41(48)46-39(33-37-34-44-36-45-37)42(49)50-35-38(43)40(47)31-29-27-25-23-21-19-16-14-12-10-8-6-4-2/h29,31,34,36,38-40,47H,3-28,30,32-33,35,43H2,1-2H3,(H,44,45)(H,46,48). The molecular formula is C42H78N4O4. The van der Waals surface area contributed by atoms with Gasteiger partial charge < -0.3 is 25.9 Å². The van der Waals surface area contributed by atoms with E-state index in [-0.39, 0.29) is 18.9 Å². The van der Waals surface area contributed by atoms with Crippen LogP contribution in [0.25, 0.3) is 0 Å². The van der Waals surface area contributed by atoms with E-state index in [4.69, 9.17) is 10.5 Å². The van der Waals surface area contributed by atoms with Crippen molar-refractivity contribution >= 4 is 11.9 Å². The number of hydrogen-bond donors (Lipinski definition) is 4. The number of H-pyrrole nitrogens is 1. The number of allylic oxidation sites excluding steroid dienone is 1. The van der Waals surface area contributed by atoms with E-state index >= 15 is 0 Å². The maximum Gasteiger partial charge on any atom is 0.329 e. The Bertz CT molecular complexity index is 923. The molecule has 8 nitrogen and oxygen atoms in total. The van der Waals surface area contributed by atoms with E-state index in [2.05, 4.69) is 29.1 Å². The zero-order chi connectivity index (χ0) is 36.3. The van der Waals surface area contributed by atoms with Crippen LogP contribution < -0.4 is 11.1 Å². The molecule has 1 heterocycles. The highest BCUT2D eigenvalue weighted by molar-refractivity contribution is 5.84. The average molecular weight is 703 g/mol. The monoisotopic (exact) mass is 703 g/mol. The largest absolute Gasteiger partial charge is 0.462 e. The van der Waals surface area contributed by atoms with Gasteiger partial charge in [-0.05, 0) is 19.3 Å². The molecule has 0 aromatic carbocycles. The van der Waals surface area contributed by atoms with Gasteiger partial charge in [0.05, 0.1) is 18.5 Å². The van der Waals surface area contributed by atoms with Crippen LogP contribution in [0, 0.1) is 0 Å². The molecule has 1 amide bonds. The van der Waals surface area contributed by atoms with E-state index in [1.165, 1.54) is 141 Å². The number of nitrogens with two attached hydrogens (primary N) is 1. The Balaban J connectivity index is 2.20. The third-order valence-corrected chi connectivity index (χ3v) is 9.77. The molecule has 3 atom stereocenters. The van der Waals surface area contributed by atoms with Gasteiger partial charge in [0.25, 0.3) is 0 Å². The van der Waals surface area contributed by atoms with Crippen LogP contribution in [0.4, 0.5) is 0 Å². The highest BCUT2D eigenvalue weighted by Crippen LogP contribution is 2.15. The molecule has 0 aliphatic rings. The van der Waals surface area contributed by atoms with Crippen LogP contribution in [0.1, 0.15) is 199 Å². The Morgan fingerprint density at radius 3 is 1.68 bits per heavy atom. The summed E-state index contributed by atoms with van der Waals surface area (Å²) >= 11 is 0. The Hall–Kier alpha value is -2.19. The van der Waals surface area contributed by atoms with Crippen molar-refractivity contribution in [2.45, 2.75) is 218 Å². The van der Waals surface area contributed by atoms with Crippen molar-refractivity contribution in [3.8, 4) is 0 Å². The maximum absolute atomic E-state index is 13.0. The SMILES string of the molecule is CCCCCCCCCCCCCC=CC(O)C(N)COC(=O)C(Cc1cnc[nH]1)NC(=O)CCCCCCCCCCCCCCCCC. The van der Waals surface area contributed by atoms with Crippen LogP contribution in [-0.4, -0.2) is 51.7 Å². The van der Waals surface area contributed by atoms with Gasteiger partial charge in [0, 0.05) is 24.7 Å². The smallest absolute Gasteiger partial charge is 0.329 e. The van der Waals surface area contributed by atoms with Crippen molar-refractivity contribution in [1.29, 1.82) is 0 Å². The molecule has 3 unspecified atom stereocenters. The summed E-state index contributed by atoms with van der Waals surface area (Å²) in [6.45, 7) is 4.40. The van der Waals surface area contributed by atoms with Crippen molar-refractivity contribution < 1.29 is 19.4 Å². The first-order chi connectivity index (χ1) is 24.5. The first-order valence-electron chi connectivity index (χ1n) is 21.0. The highest BCUT2D eigenvalue weighted by atomic mass is 16.5. The second-order valence-electron chi connectivity index (χ2n) is 14.6. The van der Waals surface area contributed by atoms with Crippen LogP contribution in [0.5, 0.6) is 0 Å². The quantitative estimate of drug-likeness (QED) is 0.0313. The zero-order valence-corrected chi connectivity index (χ0v) is 32.5. The predicted molar refractivity (Wildman–Crippen MR) is 209 cm³/mol. The van der Waals surface area contributed by atoms with Crippen LogP contribution >= 0.6 is 0 Å². The second-order valence-corrected chi connectivity index (χ2v) is 14.6. The number of aromatic nitrogens is 2. The van der Waals surface area contributed by atoms with Gasteiger partial charge in [0.2, 0.25) is 5.91 Å². The normalized spacial score (nSPS) is 13.4. The minimum Gasteiger partial charge on any atom is -0.462 e. The van der Waals surface area contributed by atoms with Crippen molar-refractivity contribution in [3.05, 3.63) is 30.4 Å². The number of esters is 1. The van der Waals surface area contributed by atoms with E-state index in [0.717, 1.165) is 37.8 Å². The summed E-state index contributed by atoms with van der Waals surface area (Å²) in [4.78, 5) is 32.8. The lowest BCUT2D eigenvalue weighted by Gasteiger charge is -2.20. The molecule has 0 bridgehead atoms. The topological polar surface area (TPSA) is 130 Å². The van der Waals surface area contributed by atoms with Gasteiger partial charge in [0.1, 0.15) is 12.6 Å². The number of amides is 1. The lowest BCUT2D eigenvalue weighted by atomic mass is 10.0.